The molecule has 1 aromatic carbocycles. The van der Waals surface area contributed by atoms with Crippen molar-refractivity contribution in [3.8, 4) is 0 Å². The third kappa shape index (κ3) is 1.78. The fourth-order valence-electron chi connectivity index (χ4n) is 2.00. The van der Waals surface area contributed by atoms with Gasteiger partial charge in [0, 0.05) is 18.7 Å². The first-order valence-electron chi connectivity index (χ1n) is 5.25. The molecule has 0 bridgehead atoms. The molecule has 1 aliphatic heterocycles. The number of rotatable bonds is 2. The Labute approximate surface area is 94.0 Å². The molecule has 0 spiro atoms. The minimum absolute atomic E-state index is 0.0295. The quantitative estimate of drug-likeness (QED) is 0.799. The van der Waals surface area contributed by atoms with Gasteiger partial charge in [-0.15, -0.1) is 0 Å². The Bertz CT molecular complexity index is 442. The first kappa shape index (κ1) is 10.7. The van der Waals surface area contributed by atoms with Crippen LogP contribution in [0.3, 0.4) is 0 Å². The summed E-state index contributed by atoms with van der Waals surface area (Å²) < 4.78 is 0. The van der Waals surface area contributed by atoms with Crippen LogP contribution in [0.2, 0.25) is 0 Å². The van der Waals surface area contributed by atoms with Crippen molar-refractivity contribution in [2.24, 2.45) is 11.7 Å². The van der Waals surface area contributed by atoms with Crippen molar-refractivity contribution in [3.63, 3.8) is 0 Å². The Balaban J connectivity index is 2.27. The molecule has 1 aliphatic rings. The van der Waals surface area contributed by atoms with Crippen LogP contribution in [0.25, 0.3) is 0 Å². The molecule has 4 nitrogen and oxygen atoms in total. The predicted molar refractivity (Wildman–Crippen MR) is 60.8 cm³/mol. The molecule has 4 heteroatoms. The second-order valence-corrected chi connectivity index (χ2v) is 4.09. The number of para-hydroxylation sites is 1. The molecular weight excluding hydrogens is 204 g/mol. The molecule has 1 aromatic rings. The molecular formula is C12H14N2O2. The molecule has 16 heavy (non-hydrogen) atoms. The highest BCUT2D eigenvalue weighted by Gasteiger charge is 2.34. The summed E-state index contributed by atoms with van der Waals surface area (Å²) in [6.07, 6.45) is 0.226. The van der Waals surface area contributed by atoms with E-state index in [1.165, 1.54) is 0 Å². The first-order valence-corrected chi connectivity index (χ1v) is 5.25. The zero-order chi connectivity index (χ0) is 11.7. The second-order valence-electron chi connectivity index (χ2n) is 4.09. The van der Waals surface area contributed by atoms with E-state index in [0.29, 0.717) is 6.54 Å². The Kier molecular flexibility index (Phi) is 2.64. The SMILES string of the molecule is Cc1ccccc1N1CC(C(N)=O)CC1=O. The summed E-state index contributed by atoms with van der Waals surface area (Å²) in [5, 5.41) is 0. The zero-order valence-corrected chi connectivity index (χ0v) is 9.14. The summed E-state index contributed by atoms with van der Waals surface area (Å²) >= 11 is 0. The summed E-state index contributed by atoms with van der Waals surface area (Å²) in [4.78, 5) is 24.5. The maximum Gasteiger partial charge on any atom is 0.227 e. The number of carbonyl (C=O) groups excluding carboxylic acids is 2. The number of nitrogens with two attached hydrogens (primary N) is 1. The molecule has 2 amide bonds. The van der Waals surface area contributed by atoms with Crippen LogP contribution in [0.1, 0.15) is 12.0 Å². The summed E-state index contributed by atoms with van der Waals surface area (Å²) in [7, 11) is 0. The Morgan fingerprint density at radius 1 is 1.44 bits per heavy atom. The largest absolute Gasteiger partial charge is 0.369 e. The lowest BCUT2D eigenvalue weighted by Gasteiger charge is -2.18. The molecule has 0 saturated carbocycles. The van der Waals surface area contributed by atoms with Gasteiger partial charge in [0.2, 0.25) is 11.8 Å². The Morgan fingerprint density at radius 3 is 2.69 bits per heavy atom. The van der Waals surface area contributed by atoms with Gasteiger partial charge in [0.15, 0.2) is 0 Å². The number of hydrogen-bond donors (Lipinski definition) is 1. The van der Waals surface area contributed by atoms with Crippen LogP contribution < -0.4 is 10.6 Å². The maximum atomic E-state index is 11.8. The van der Waals surface area contributed by atoms with Gasteiger partial charge in [0.05, 0.1) is 5.92 Å². The van der Waals surface area contributed by atoms with Crippen molar-refractivity contribution in [1.29, 1.82) is 0 Å². The number of amides is 2. The van der Waals surface area contributed by atoms with E-state index in [1.807, 2.05) is 31.2 Å². The normalized spacial score (nSPS) is 20.2. The highest BCUT2D eigenvalue weighted by atomic mass is 16.2. The number of anilines is 1. The van der Waals surface area contributed by atoms with E-state index in [0.717, 1.165) is 11.3 Å². The van der Waals surface area contributed by atoms with Crippen molar-refractivity contribution in [1.82, 2.24) is 0 Å². The lowest BCUT2D eigenvalue weighted by Crippen LogP contribution is -2.28. The van der Waals surface area contributed by atoms with E-state index in [4.69, 9.17) is 5.73 Å². The van der Waals surface area contributed by atoms with Gasteiger partial charge in [-0.1, -0.05) is 18.2 Å². The number of primary amides is 1. The molecule has 0 aromatic heterocycles. The number of aryl methyl sites for hydroxylation is 1. The van der Waals surface area contributed by atoms with Gasteiger partial charge in [0.1, 0.15) is 0 Å². The summed E-state index contributed by atoms with van der Waals surface area (Å²) in [6.45, 7) is 2.35. The van der Waals surface area contributed by atoms with Crippen molar-refractivity contribution < 1.29 is 9.59 Å². The minimum atomic E-state index is -0.399. The van der Waals surface area contributed by atoms with Crippen LogP contribution in [0.4, 0.5) is 5.69 Å². The van der Waals surface area contributed by atoms with Crippen molar-refractivity contribution in [3.05, 3.63) is 29.8 Å². The molecule has 1 unspecified atom stereocenters. The number of nitrogens with zero attached hydrogens (tertiary/aromatic N) is 1. The van der Waals surface area contributed by atoms with Gasteiger partial charge in [0.25, 0.3) is 0 Å². The molecule has 1 fully saturated rings. The van der Waals surface area contributed by atoms with Crippen molar-refractivity contribution in [2.75, 3.05) is 11.4 Å². The highest BCUT2D eigenvalue weighted by molar-refractivity contribution is 6.00. The highest BCUT2D eigenvalue weighted by Crippen LogP contribution is 2.27. The molecule has 1 atom stereocenters. The van der Waals surface area contributed by atoms with Gasteiger partial charge in [-0.25, -0.2) is 0 Å². The monoisotopic (exact) mass is 218 g/mol. The lowest BCUT2D eigenvalue weighted by molar-refractivity contribution is -0.123. The fourth-order valence-corrected chi connectivity index (χ4v) is 2.00. The molecule has 1 saturated heterocycles. The van der Waals surface area contributed by atoms with E-state index >= 15 is 0 Å². The van der Waals surface area contributed by atoms with Crippen LogP contribution in [0.15, 0.2) is 24.3 Å². The standard InChI is InChI=1S/C12H14N2O2/c1-8-4-2-3-5-10(8)14-7-9(12(13)16)6-11(14)15/h2-5,9H,6-7H2,1H3,(H2,13,16). The van der Waals surface area contributed by atoms with Gasteiger partial charge in [-0.2, -0.15) is 0 Å². The Hall–Kier alpha value is -1.84. The topological polar surface area (TPSA) is 63.4 Å². The van der Waals surface area contributed by atoms with Gasteiger partial charge < -0.3 is 10.6 Å². The number of benzene rings is 1. The van der Waals surface area contributed by atoms with Crippen LogP contribution in [0, 0.1) is 12.8 Å². The van der Waals surface area contributed by atoms with Crippen LogP contribution in [-0.4, -0.2) is 18.4 Å². The number of carbonyl (C=O) groups is 2. The van der Waals surface area contributed by atoms with E-state index in [-0.39, 0.29) is 18.2 Å². The molecule has 84 valence electrons. The van der Waals surface area contributed by atoms with Gasteiger partial charge in [-0.05, 0) is 18.6 Å². The minimum Gasteiger partial charge on any atom is -0.369 e. The first-order chi connectivity index (χ1) is 7.59. The van der Waals surface area contributed by atoms with E-state index < -0.39 is 5.91 Å². The summed E-state index contributed by atoms with van der Waals surface area (Å²) in [6, 6.07) is 7.63. The third-order valence-electron chi connectivity index (χ3n) is 2.93. The third-order valence-corrected chi connectivity index (χ3v) is 2.93. The predicted octanol–water partition coefficient (Wildman–Crippen LogP) is 0.833. The Morgan fingerprint density at radius 2 is 2.12 bits per heavy atom. The van der Waals surface area contributed by atoms with Crippen molar-refractivity contribution in [2.45, 2.75) is 13.3 Å². The smallest absolute Gasteiger partial charge is 0.227 e. The fraction of sp³-hybridized carbons (Fsp3) is 0.333. The van der Waals surface area contributed by atoms with E-state index in [2.05, 4.69) is 0 Å². The molecule has 0 radical (unpaired) electrons. The molecule has 2 N–H and O–H groups in total. The number of hydrogen-bond acceptors (Lipinski definition) is 2. The van der Waals surface area contributed by atoms with E-state index in [9.17, 15) is 9.59 Å². The average Bonchev–Trinajstić information content (AvgIpc) is 2.61. The van der Waals surface area contributed by atoms with Crippen molar-refractivity contribution >= 4 is 17.5 Å². The van der Waals surface area contributed by atoms with Crippen LogP contribution in [-0.2, 0) is 9.59 Å². The maximum absolute atomic E-state index is 11.8. The average molecular weight is 218 g/mol. The second kappa shape index (κ2) is 3.96. The van der Waals surface area contributed by atoms with Crippen LogP contribution in [0.5, 0.6) is 0 Å². The van der Waals surface area contributed by atoms with E-state index in [1.54, 1.807) is 4.90 Å². The van der Waals surface area contributed by atoms with Gasteiger partial charge in [-0.3, -0.25) is 9.59 Å². The molecule has 0 aliphatic carbocycles. The summed E-state index contributed by atoms with van der Waals surface area (Å²) in [5.74, 6) is -0.783. The molecule has 2 rings (SSSR count). The molecule has 1 heterocycles. The van der Waals surface area contributed by atoms with Crippen LogP contribution >= 0.6 is 0 Å². The zero-order valence-electron chi connectivity index (χ0n) is 9.14. The summed E-state index contributed by atoms with van der Waals surface area (Å²) in [5.41, 5.74) is 7.12. The van der Waals surface area contributed by atoms with Gasteiger partial charge >= 0.3 is 0 Å². The lowest BCUT2D eigenvalue weighted by atomic mass is 10.1.